The lowest BCUT2D eigenvalue weighted by atomic mass is 10.3. The maximum atomic E-state index is 5.77. The highest BCUT2D eigenvalue weighted by molar-refractivity contribution is 5.84. The minimum absolute atomic E-state index is 0.582. The quantitative estimate of drug-likeness (QED) is 0.575. The highest BCUT2D eigenvalue weighted by Crippen LogP contribution is 2.28. The summed E-state index contributed by atoms with van der Waals surface area (Å²) in [6, 6.07) is 5.93. The van der Waals surface area contributed by atoms with Crippen LogP contribution in [-0.4, -0.2) is 17.4 Å². The molecule has 0 radical (unpaired) electrons. The predicted molar refractivity (Wildman–Crippen MR) is 57.2 cm³/mol. The Balaban J connectivity index is 1.80. The topological polar surface area (TPSA) is 51.3 Å². The van der Waals surface area contributed by atoms with Gasteiger partial charge in [0.2, 0.25) is 0 Å². The number of amidine groups is 1. The second kappa shape index (κ2) is 4.22. The zero-order valence-corrected chi connectivity index (χ0v) is 8.19. The normalized spacial score (nSPS) is 17.0. The summed E-state index contributed by atoms with van der Waals surface area (Å²) in [5.74, 6) is 1.42. The van der Waals surface area contributed by atoms with E-state index in [1.165, 1.54) is 12.8 Å². The van der Waals surface area contributed by atoms with Crippen LogP contribution in [0.25, 0.3) is 0 Å². The molecule has 0 amide bonds. The molecule has 1 aromatic heterocycles. The Bertz CT molecular complexity index is 315. The molecule has 2 N–H and O–H groups in total. The third-order valence-electron chi connectivity index (χ3n) is 2.38. The Labute approximate surface area is 84.1 Å². The first-order chi connectivity index (χ1) is 6.86. The van der Waals surface area contributed by atoms with Crippen molar-refractivity contribution in [3.63, 3.8) is 0 Å². The molecule has 14 heavy (non-hydrogen) atoms. The van der Waals surface area contributed by atoms with E-state index in [1.807, 2.05) is 24.4 Å². The molecule has 0 bridgehead atoms. The summed E-state index contributed by atoms with van der Waals surface area (Å²) in [5.41, 5.74) is 6.86. The number of aromatic nitrogens is 1. The van der Waals surface area contributed by atoms with Gasteiger partial charge in [-0.15, -0.1) is 0 Å². The number of nitrogens with two attached hydrogens (primary N) is 1. The van der Waals surface area contributed by atoms with Gasteiger partial charge in [0, 0.05) is 30.8 Å². The maximum absolute atomic E-state index is 5.77. The van der Waals surface area contributed by atoms with E-state index in [2.05, 4.69) is 9.98 Å². The van der Waals surface area contributed by atoms with E-state index in [0.717, 1.165) is 24.5 Å². The number of rotatable bonds is 4. The summed E-state index contributed by atoms with van der Waals surface area (Å²) < 4.78 is 0. The van der Waals surface area contributed by atoms with Crippen LogP contribution >= 0.6 is 0 Å². The zero-order chi connectivity index (χ0) is 9.80. The smallest absolute Gasteiger partial charge is 0.0968 e. The molecule has 0 unspecified atom stereocenters. The van der Waals surface area contributed by atoms with Crippen molar-refractivity contribution >= 4 is 5.84 Å². The average Bonchev–Trinajstić information content (AvgIpc) is 3.02. The summed E-state index contributed by atoms with van der Waals surface area (Å²) in [5, 5.41) is 0. The largest absolute Gasteiger partial charge is 0.387 e. The fourth-order valence-corrected chi connectivity index (χ4v) is 1.35. The number of pyridine rings is 1. The third-order valence-corrected chi connectivity index (χ3v) is 2.38. The van der Waals surface area contributed by atoms with Gasteiger partial charge in [-0.1, -0.05) is 6.07 Å². The highest BCUT2D eigenvalue weighted by atomic mass is 14.9. The van der Waals surface area contributed by atoms with Gasteiger partial charge in [0.15, 0.2) is 0 Å². The van der Waals surface area contributed by atoms with Crippen molar-refractivity contribution < 1.29 is 0 Å². The van der Waals surface area contributed by atoms with Crippen molar-refractivity contribution in [2.75, 3.05) is 6.54 Å². The van der Waals surface area contributed by atoms with Gasteiger partial charge in [-0.2, -0.15) is 0 Å². The molecule has 3 heteroatoms. The molecule has 0 atom stereocenters. The zero-order valence-electron chi connectivity index (χ0n) is 8.19. The van der Waals surface area contributed by atoms with Crippen LogP contribution in [0, 0.1) is 5.92 Å². The van der Waals surface area contributed by atoms with Crippen molar-refractivity contribution in [1.82, 2.24) is 4.98 Å². The minimum atomic E-state index is 0.582. The average molecular weight is 189 g/mol. The Morgan fingerprint density at radius 2 is 2.36 bits per heavy atom. The first-order valence-electron chi connectivity index (χ1n) is 5.06. The van der Waals surface area contributed by atoms with E-state index in [9.17, 15) is 0 Å². The monoisotopic (exact) mass is 189 g/mol. The fourth-order valence-electron chi connectivity index (χ4n) is 1.35. The number of aliphatic imine (C=N–C) groups is 1. The SMILES string of the molecule is NC(=NCCc1ccccn1)C1CC1. The highest BCUT2D eigenvalue weighted by Gasteiger charge is 2.24. The van der Waals surface area contributed by atoms with Crippen LogP contribution in [-0.2, 0) is 6.42 Å². The van der Waals surface area contributed by atoms with Gasteiger partial charge in [-0.3, -0.25) is 9.98 Å². The van der Waals surface area contributed by atoms with Crippen LogP contribution in [0.1, 0.15) is 18.5 Å². The summed E-state index contributed by atoms with van der Waals surface area (Å²) in [6.07, 6.45) is 5.13. The number of nitrogens with zero attached hydrogens (tertiary/aromatic N) is 2. The molecule has 1 aliphatic rings. The molecule has 0 aromatic carbocycles. The maximum Gasteiger partial charge on any atom is 0.0968 e. The van der Waals surface area contributed by atoms with Gasteiger partial charge in [0.05, 0.1) is 5.84 Å². The van der Waals surface area contributed by atoms with Crippen molar-refractivity contribution in [2.24, 2.45) is 16.6 Å². The van der Waals surface area contributed by atoms with E-state index in [-0.39, 0.29) is 0 Å². The lowest BCUT2D eigenvalue weighted by Gasteiger charge is -1.98. The molecular weight excluding hydrogens is 174 g/mol. The van der Waals surface area contributed by atoms with Crippen LogP contribution < -0.4 is 5.73 Å². The summed E-state index contributed by atoms with van der Waals surface area (Å²) in [6.45, 7) is 0.763. The van der Waals surface area contributed by atoms with Crippen LogP contribution in [0.4, 0.5) is 0 Å². The van der Waals surface area contributed by atoms with E-state index in [0.29, 0.717) is 5.92 Å². The number of hydrogen-bond donors (Lipinski definition) is 1. The fraction of sp³-hybridized carbons (Fsp3) is 0.455. The Morgan fingerprint density at radius 1 is 1.50 bits per heavy atom. The van der Waals surface area contributed by atoms with Crippen LogP contribution in [0.3, 0.4) is 0 Å². The molecule has 1 fully saturated rings. The molecule has 2 rings (SSSR count). The van der Waals surface area contributed by atoms with E-state index in [1.54, 1.807) is 0 Å². The molecule has 1 aromatic rings. The summed E-state index contributed by atoms with van der Waals surface area (Å²) in [4.78, 5) is 8.56. The third kappa shape index (κ3) is 2.55. The first-order valence-corrected chi connectivity index (χ1v) is 5.06. The Kier molecular flexibility index (Phi) is 2.77. The van der Waals surface area contributed by atoms with E-state index in [4.69, 9.17) is 5.73 Å². The van der Waals surface area contributed by atoms with Crippen LogP contribution in [0.15, 0.2) is 29.4 Å². The first kappa shape index (κ1) is 9.19. The van der Waals surface area contributed by atoms with Gasteiger partial charge in [-0.25, -0.2) is 0 Å². The molecule has 0 aliphatic heterocycles. The molecule has 1 heterocycles. The van der Waals surface area contributed by atoms with Crippen LogP contribution in [0.5, 0.6) is 0 Å². The second-order valence-electron chi connectivity index (χ2n) is 3.65. The number of hydrogen-bond acceptors (Lipinski definition) is 2. The second-order valence-corrected chi connectivity index (χ2v) is 3.65. The van der Waals surface area contributed by atoms with E-state index < -0.39 is 0 Å². The molecular formula is C11H15N3. The van der Waals surface area contributed by atoms with Gasteiger partial charge in [0.25, 0.3) is 0 Å². The van der Waals surface area contributed by atoms with Gasteiger partial charge in [0.1, 0.15) is 0 Å². The summed E-state index contributed by atoms with van der Waals surface area (Å²) in [7, 11) is 0. The molecule has 1 aliphatic carbocycles. The summed E-state index contributed by atoms with van der Waals surface area (Å²) >= 11 is 0. The van der Waals surface area contributed by atoms with Crippen molar-refractivity contribution in [1.29, 1.82) is 0 Å². The lowest BCUT2D eigenvalue weighted by Crippen LogP contribution is -2.14. The molecule has 3 nitrogen and oxygen atoms in total. The van der Waals surface area contributed by atoms with Crippen LogP contribution in [0.2, 0.25) is 0 Å². The Morgan fingerprint density at radius 3 is 3.00 bits per heavy atom. The van der Waals surface area contributed by atoms with Gasteiger partial charge >= 0.3 is 0 Å². The molecule has 74 valence electrons. The van der Waals surface area contributed by atoms with Crippen molar-refractivity contribution in [3.05, 3.63) is 30.1 Å². The van der Waals surface area contributed by atoms with Crippen molar-refractivity contribution in [3.8, 4) is 0 Å². The van der Waals surface area contributed by atoms with Crippen molar-refractivity contribution in [2.45, 2.75) is 19.3 Å². The lowest BCUT2D eigenvalue weighted by molar-refractivity contribution is 0.911. The molecule has 0 spiro atoms. The van der Waals surface area contributed by atoms with Gasteiger partial charge in [-0.05, 0) is 25.0 Å². The predicted octanol–water partition coefficient (Wildman–Crippen LogP) is 1.39. The Hall–Kier alpha value is -1.38. The molecule has 0 saturated heterocycles. The standard InChI is InChI=1S/C11H15N3/c12-11(9-4-5-9)14-8-6-10-3-1-2-7-13-10/h1-3,7,9H,4-6,8H2,(H2,12,14). The van der Waals surface area contributed by atoms with Gasteiger partial charge < -0.3 is 5.73 Å². The minimum Gasteiger partial charge on any atom is -0.387 e. The van der Waals surface area contributed by atoms with E-state index >= 15 is 0 Å². The molecule has 1 saturated carbocycles.